The van der Waals surface area contributed by atoms with Gasteiger partial charge in [0.25, 0.3) is 0 Å². The number of anilines is 1. The van der Waals surface area contributed by atoms with Gasteiger partial charge in [-0.1, -0.05) is 12.1 Å². The van der Waals surface area contributed by atoms with Crippen LogP contribution in [0.15, 0.2) is 24.3 Å². The van der Waals surface area contributed by atoms with Crippen molar-refractivity contribution in [3.63, 3.8) is 0 Å². The van der Waals surface area contributed by atoms with Crippen LogP contribution in [0.1, 0.15) is 56.9 Å². The highest BCUT2D eigenvalue weighted by molar-refractivity contribution is 5.92. The van der Waals surface area contributed by atoms with Gasteiger partial charge < -0.3 is 10.2 Å². The van der Waals surface area contributed by atoms with E-state index in [0.29, 0.717) is 5.41 Å². The number of benzene rings is 1. The molecule has 0 spiro atoms. The quantitative estimate of drug-likeness (QED) is 0.872. The average Bonchev–Trinajstić information content (AvgIpc) is 2.61. The van der Waals surface area contributed by atoms with Crippen molar-refractivity contribution in [3.05, 3.63) is 29.8 Å². The number of likely N-dealkylation sites (tertiary alicyclic amines) is 1. The molecule has 0 radical (unpaired) electrons. The van der Waals surface area contributed by atoms with Crippen LogP contribution in [0.2, 0.25) is 0 Å². The maximum atomic E-state index is 12.6. The number of rotatable bonds is 3. The van der Waals surface area contributed by atoms with Gasteiger partial charge in [0.15, 0.2) is 0 Å². The molecule has 4 aliphatic carbocycles. The molecule has 1 aromatic rings. The summed E-state index contributed by atoms with van der Waals surface area (Å²) in [7, 11) is 2.11. The fourth-order valence-corrected chi connectivity index (χ4v) is 7.00. The molecule has 4 saturated carbocycles. The zero-order chi connectivity index (χ0) is 17.7. The third kappa shape index (κ3) is 2.98. The van der Waals surface area contributed by atoms with E-state index in [-0.39, 0.29) is 11.8 Å². The van der Waals surface area contributed by atoms with E-state index in [4.69, 9.17) is 0 Å². The summed E-state index contributed by atoms with van der Waals surface area (Å²) in [6.45, 7) is 2.00. The van der Waals surface area contributed by atoms with Gasteiger partial charge in [-0.15, -0.1) is 0 Å². The largest absolute Gasteiger partial charge is 0.326 e. The zero-order valence-electron chi connectivity index (χ0n) is 16.0. The second-order valence-corrected chi connectivity index (χ2v) is 9.87. The fraction of sp³-hybridized carbons (Fsp3) is 0.696. The first-order valence-corrected chi connectivity index (χ1v) is 10.7. The minimum absolute atomic E-state index is 0.136. The molecule has 26 heavy (non-hydrogen) atoms. The highest BCUT2D eigenvalue weighted by Gasteiger charge is 2.51. The standard InChI is InChI=1S/C23H32N2O/c1-25-8-2-3-19(15-25)22(26)24-21-6-4-20(5-7-21)23-12-16-9-17(13-23)11-18(10-16)14-23/h4-7,16-19H,2-3,8-15H2,1H3,(H,24,26)/t16?,17?,18?,19-,23?/m0/s1. The molecule has 1 atom stereocenters. The van der Waals surface area contributed by atoms with Crippen molar-refractivity contribution in [1.29, 1.82) is 0 Å². The van der Waals surface area contributed by atoms with E-state index in [9.17, 15) is 4.79 Å². The SMILES string of the molecule is CN1CCC[C@H](C(=O)Nc2ccc(C34CC5CC(CC(C5)C3)C4)cc2)C1. The molecule has 1 amide bonds. The van der Waals surface area contributed by atoms with Crippen LogP contribution in [0.25, 0.3) is 0 Å². The Labute approximate surface area is 157 Å². The maximum Gasteiger partial charge on any atom is 0.228 e. The summed E-state index contributed by atoms with van der Waals surface area (Å²) in [4.78, 5) is 14.8. The Morgan fingerprint density at radius 2 is 1.65 bits per heavy atom. The number of hydrogen-bond donors (Lipinski definition) is 1. The molecule has 1 aliphatic heterocycles. The molecule has 3 nitrogen and oxygen atoms in total. The van der Waals surface area contributed by atoms with Crippen molar-refractivity contribution in [2.45, 2.75) is 56.8 Å². The van der Waals surface area contributed by atoms with E-state index in [0.717, 1.165) is 49.4 Å². The summed E-state index contributed by atoms with van der Waals surface area (Å²) in [5.74, 6) is 3.26. The summed E-state index contributed by atoms with van der Waals surface area (Å²) in [5.41, 5.74) is 2.95. The van der Waals surface area contributed by atoms with Crippen LogP contribution in [0.3, 0.4) is 0 Å². The molecule has 1 heterocycles. The summed E-state index contributed by atoms with van der Waals surface area (Å²) < 4.78 is 0. The highest BCUT2D eigenvalue weighted by Crippen LogP contribution is 2.60. The van der Waals surface area contributed by atoms with Crippen molar-refractivity contribution >= 4 is 11.6 Å². The average molecular weight is 353 g/mol. The Hall–Kier alpha value is -1.35. The van der Waals surface area contributed by atoms with Gasteiger partial charge in [0.1, 0.15) is 0 Å². The lowest BCUT2D eigenvalue weighted by Crippen LogP contribution is -2.48. The Bertz CT molecular complexity index is 645. The molecule has 5 aliphatic rings. The van der Waals surface area contributed by atoms with Crippen molar-refractivity contribution < 1.29 is 4.79 Å². The van der Waals surface area contributed by atoms with Crippen LogP contribution in [0.4, 0.5) is 5.69 Å². The summed E-state index contributed by atoms with van der Waals surface area (Å²) in [6, 6.07) is 8.93. The molecule has 5 fully saturated rings. The van der Waals surface area contributed by atoms with Crippen LogP contribution < -0.4 is 5.32 Å². The van der Waals surface area contributed by atoms with E-state index in [1.165, 1.54) is 44.1 Å². The predicted molar refractivity (Wildman–Crippen MR) is 105 cm³/mol. The summed E-state index contributed by atoms with van der Waals surface area (Å²) in [6.07, 6.45) is 10.8. The van der Waals surface area contributed by atoms with Crippen LogP contribution in [-0.2, 0) is 10.2 Å². The van der Waals surface area contributed by atoms with Crippen molar-refractivity contribution in [2.24, 2.45) is 23.7 Å². The van der Waals surface area contributed by atoms with Gasteiger partial charge in [-0.2, -0.15) is 0 Å². The van der Waals surface area contributed by atoms with Crippen LogP contribution >= 0.6 is 0 Å². The molecule has 0 unspecified atom stereocenters. The maximum absolute atomic E-state index is 12.6. The first kappa shape index (κ1) is 16.8. The third-order valence-electron chi connectivity index (χ3n) is 7.80. The highest BCUT2D eigenvalue weighted by atomic mass is 16.1. The lowest BCUT2D eigenvalue weighted by molar-refractivity contribution is -0.121. The Kier molecular flexibility index (Phi) is 4.11. The molecular weight excluding hydrogens is 320 g/mol. The number of piperidine rings is 1. The normalized spacial score (nSPS) is 39.1. The molecule has 1 aromatic carbocycles. The van der Waals surface area contributed by atoms with Gasteiger partial charge in [0.05, 0.1) is 5.92 Å². The molecule has 1 N–H and O–H groups in total. The topological polar surface area (TPSA) is 32.3 Å². The van der Waals surface area contributed by atoms with Crippen molar-refractivity contribution in [3.8, 4) is 0 Å². The fourth-order valence-electron chi connectivity index (χ4n) is 7.00. The van der Waals surface area contributed by atoms with Crippen molar-refractivity contribution in [1.82, 2.24) is 4.90 Å². The van der Waals surface area contributed by atoms with Crippen LogP contribution in [-0.4, -0.2) is 30.9 Å². The van der Waals surface area contributed by atoms with Crippen LogP contribution in [0, 0.1) is 23.7 Å². The number of carbonyl (C=O) groups excluding carboxylic acids is 1. The van der Waals surface area contributed by atoms with Gasteiger partial charge in [-0.25, -0.2) is 0 Å². The predicted octanol–water partition coefficient (Wildman–Crippen LogP) is 4.43. The number of nitrogens with one attached hydrogen (secondary N) is 1. The molecule has 3 heteroatoms. The molecule has 0 aromatic heterocycles. The first-order valence-electron chi connectivity index (χ1n) is 10.7. The zero-order valence-corrected chi connectivity index (χ0v) is 16.0. The smallest absolute Gasteiger partial charge is 0.228 e. The number of nitrogens with zero attached hydrogens (tertiary/aromatic N) is 1. The van der Waals surface area contributed by atoms with Gasteiger partial charge in [-0.3, -0.25) is 4.79 Å². The second kappa shape index (κ2) is 6.37. The molecule has 140 valence electrons. The Morgan fingerprint density at radius 1 is 1.04 bits per heavy atom. The Balaban J connectivity index is 1.28. The minimum Gasteiger partial charge on any atom is -0.326 e. The molecule has 6 rings (SSSR count). The lowest BCUT2D eigenvalue weighted by atomic mass is 9.48. The van der Waals surface area contributed by atoms with Crippen LogP contribution in [0.5, 0.6) is 0 Å². The minimum atomic E-state index is 0.136. The van der Waals surface area contributed by atoms with E-state index >= 15 is 0 Å². The lowest BCUT2D eigenvalue weighted by Gasteiger charge is -2.57. The molecular formula is C23H32N2O. The Morgan fingerprint density at radius 3 is 2.23 bits per heavy atom. The number of hydrogen-bond acceptors (Lipinski definition) is 2. The number of carbonyl (C=O) groups is 1. The van der Waals surface area contributed by atoms with E-state index in [2.05, 4.69) is 41.5 Å². The third-order valence-corrected chi connectivity index (χ3v) is 7.80. The van der Waals surface area contributed by atoms with Gasteiger partial charge in [0, 0.05) is 12.2 Å². The summed E-state index contributed by atoms with van der Waals surface area (Å²) in [5, 5.41) is 3.17. The van der Waals surface area contributed by atoms with Crippen molar-refractivity contribution in [2.75, 3.05) is 25.5 Å². The first-order chi connectivity index (χ1) is 12.6. The van der Waals surface area contributed by atoms with Gasteiger partial charge in [0.2, 0.25) is 5.91 Å². The molecule has 1 saturated heterocycles. The van der Waals surface area contributed by atoms with Gasteiger partial charge >= 0.3 is 0 Å². The second-order valence-electron chi connectivity index (χ2n) is 9.87. The monoisotopic (exact) mass is 352 g/mol. The van der Waals surface area contributed by atoms with E-state index in [1.54, 1.807) is 0 Å². The van der Waals surface area contributed by atoms with E-state index < -0.39 is 0 Å². The van der Waals surface area contributed by atoms with E-state index in [1.807, 2.05) is 0 Å². The molecule has 4 bridgehead atoms. The van der Waals surface area contributed by atoms with Gasteiger partial charge in [-0.05, 0) is 106 Å². The number of amides is 1. The summed E-state index contributed by atoms with van der Waals surface area (Å²) >= 11 is 0.